The van der Waals surface area contributed by atoms with Crippen LogP contribution in [0.25, 0.3) is 0 Å². The van der Waals surface area contributed by atoms with Crippen LogP contribution in [0.5, 0.6) is 5.88 Å². The summed E-state index contributed by atoms with van der Waals surface area (Å²) in [5.74, 6) is -1.71. The summed E-state index contributed by atoms with van der Waals surface area (Å²) in [5.41, 5.74) is -1.07. The lowest BCUT2D eigenvalue weighted by Gasteiger charge is -2.19. The number of aliphatic hydroxyl groups is 1. The SMILES string of the molecule is CC(C)(C)OC(=O)Nc1n[nH]c(OCCO)c1C(=O)O. The molecule has 0 saturated carbocycles. The Labute approximate surface area is 114 Å². The Kier molecular flexibility index (Phi) is 4.92. The molecule has 112 valence electrons. The van der Waals surface area contributed by atoms with Gasteiger partial charge in [0, 0.05) is 0 Å². The fourth-order valence-electron chi connectivity index (χ4n) is 1.27. The molecule has 9 heteroatoms. The first-order valence-electron chi connectivity index (χ1n) is 5.80. The van der Waals surface area contributed by atoms with Gasteiger partial charge in [0.05, 0.1) is 6.61 Å². The number of carbonyl (C=O) groups is 2. The molecular weight excluding hydrogens is 270 g/mol. The molecule has 0 aliphatic heterocycles. The van der Waals surface area contributed by atoms with E-state index in [-0.39, 0.29) is 30.5 Å². The van der Waals surface area contributed by atoms with Crippen molar-refractivity contribution < 1.29 is 29.3 Å². The number of nitrogens with one attached hydrogen (secondary N) is 2. The number of anilines is 1. The number of aromatic carboxylic acids is 1. The summed E-state index contributed by atoms with van der Waals surface area (Å²) in [6.07, 6.45) is -0.833. The van der Waals surface area contributed by atoms with Crippen molar-refractivity contribution in [3.8, 4) is 5.88 Å². The van der Waals surface area contributed by atoms with Crippen molar-refractivity contribution in [3.05, 3.63) is 5.56 Å². The number of amides is 1. The number of carboxylic acids is 1. The van der Waals surface area contributed by atoms with E-state index in [0.717, 1.165) is 0 Å². The normalized spacial score (nSPS) is 11.0. The van der Waals surface area contributed by atoms with E-state index in [1.54, 1.807) is 20.8 Å². The van der Waals surface area contributed by atoms with Crippen molar-refractivity contribution in [3.63, 3.8) is 0 Å². The Balaban J connectivity index is 2.87. The minimum absolute atomic E-state index is 0.103. The predicted molar refractivity (Wildman–Crippen MR) is 68.0 cm³/mol. The van der Waals surface area contributed by atoms with Gasteiger partial charge in [0.25, 0.3) is 0 Å². The largest absolute Gasteiger partial charge is 0.477 e. The van der Waals surface area contributed by atoms with Crippen LogP contribution in [0.2, 0.25) is 0 Å². The highest BCUT2D eigenvalue weighted by Crippen LogP contribution is 2.23. The third-order valence-electron chi connectivity index (χ3n) is 1.90. The van der Waals surface area contributed by atoms with E-state index < -0.39 is 17.7 Å². The number of carboxylic acid groups (broad SMARTS) is 1. The van der Waals surface area contributed by atoms with E-state index in [2.05, 4.69) is 15.5 Å². The number of aromatic nitrogens is 2. The van der Waals surface area contributed by atoms with Gasteiger partial charge in [-0.15, -0.1) is 0 Å². The van der Waals surface area contributed by atoms with Crippen molar-refractivity contribution in [2.45, 2.75) is 26.4 Å². The van der Waals surface area contributed by atoms with E-state index >= 15 is 0 Å². The predicted octanol–water partition coefficient (Wildman–Crippen LogP) is 0.826. The van der Waals surface area contributed by atoms with Gasteiger partial charge in [-0.2, -0.15) is 5.10 Å². The van der Waals surface area contributed by atoms with Crippen molar-refractivity contribution in [1.29, 1.82) is 0 Å². The molecular formula is C11H17N3O6. The molecule has 20 heavy (non-hydrogen) atoms. The third-order valence-corrected chi connectivity index (χ3v) is 1.90. The van der Waals surface area contributed by atoms with Crippen molar-refractivity contribution >= 4 is 17.9 Å². The summed E-state index contributed by atoms with van der Waals surface area (Å²) >= 11 is 0. The third kappa shape index (κ3) is 4.43. The van der Waals surface area contributed by atoms with E-state index in [4.69, 9.17) is 19.7 Å². The quantitative estimate of drug-likeness (QED) is 0.630. The van der Waals surface area contributed by atoms with Gasteiger partial charge < -0.3 is 19.7 Å². The molecule has 0 unspecified atom stereocenters. The first-order chi connectivity index (χ1) is 9.24. The Morgan fingerprint density at radius 3 is 2.55 bits per heavy atom. The lowest BCUT2D eigenvalue weighted by molar-refractivity contribution is 0.0635. The van der Waals surface area contributed by atoms with Crippen LogP contribution in [0, 0.1) is 0 Å². The van der Waals surface area contributed by atoms with Crippen molar-refractivity contribution in [2.75, 3.05) is 18.5 Å². The number of aliphatic hydroxyl groups excluding tert-OH is 1. The van der Waals surface area contributed by atoms with Gasteiger partial charge >= 0.3 is 12.1 Å². The topological polar surface area (TPSA) is 134 Å². The number of hydrogen-bond acceptors (Lipinski definition) is 6. The Hall–Kier alpha value is -2.29. The second-order valence-corrected chi connectivity index (χ2v) is 4.78. The van der Waals surface area contributed by atoms with Crippen LogP contribution in [0.1, 0.15) is 31.1 Å². The fourth-order valence-corrected chi connectivity index (χ4v) is 1.27. The molecule has 4 N–H and O–H groups in total. The summed E-state index contributed by atoms with van der Waals surface area (Å²) in [5, 5.41) is 25.9. The average molecular weight is 287 g/mol. The number of hydrogen-bond donors (Lipinski definition) is 4. The maximum atomic E-state index is 11.6. The molecule has 0 atom stereocenters. The van der Waals surface area contributed by atoms with Gasteiger partial charge in [-0.25, -0.2) is 14.7 Å². The van der Waals surface area contributed by atoms with E-state index in [1.165, 1.54) is 0 Å². The van der Waals surface area contributed by atoms with E-state index in [1.807, 2.05) is 0 Å². The second-order valence-electron chi connectivity index (χ2n) is 4.78. The average Bonchev–Trinajstić information content (AvgIpc) is 2.66. The number of ether oxygens (including phenoxy) is 2. The minimum Gasteiger partial charge on any atom is -0.477 e. The lowest BCUT2D eigenvalue weighted by atomic mass is 10.2. The lowest BCUT2D eigenvalue weighted by Crippen LogP contribution is -2.27. The van der Waals surface area contributed by atoms with Crippen molar-refractivity contribution in [1.82, 2.24) is 10.2 Å². The zero-order valence-electron chi connectivity index (χ0n) is 11.4. The molecule has 1 rings (SSSR count). The van der Waals surface area contributed by atoms with E-state index in [9.17, 15) is 9.59 Å². The van der Waals surface area contributed by atoms with Gasteiger partial charge in [-0.1, -0.05) is 0 Å². The molecule has 0 fully saturated rings. The number of nitrogens with zero attached hydrogens (tertiary/aromatic N) is 1. The highest BCUT2D eigenvalue weighted by Gasteiger charge is 2.25. The molecule has 0 aliphatic rings. The molecule has 0 bridgehead atoms. The first kappa shape index (κ1) is 15.8. The Bertz CT molecular complexity index is 491. The molecule has 1 heterocycles. The van der Waals surface area contributed by atoms with Gasteiger partial charge in [-0.3, -0.25) is 5.32 Å². The van der Waals surface area contributed by atoms with Crippen LogP contribution in [0.4, 0.5) is 10.6 Å². The Morgan fingerprint density at radius 2 is 2.05 bits per heavy atom. The van der Waals surface area contributed by atoms with Gasteiger partial charge in [0.1, 0.15) is 12.2 Å². The molecule has 1 aromatic heterocycles. The van der Waals surface area contributed by atoms with Gasteiger partial charge in [0.15, 0.2) is 11.4 Å². The number of H-pyrrole nitrogens is 1. The number of aromatic amines is 1. The fraction of sp³-hybridized carbons (Fsp3) is 0.545. The van der Waals surface area contributed by atoms with Crippen LogP contribution >= 0.6 is 0 Å². The van der Waals surface area contributed by atoms with Crippen LogP contribution in [0.15, 0.2) is 0 Å². The maximum Gasteiger partial charge on any atom is 0.413 e. The highest BCUT2D eigenvalue weighted by atomic mass is 16.6. The monoisotopic (exact) mass is 287 g/mol. The zero-order chi connectivity index (χ0) is 15.3. The van der Waals surface area contributed by atoms with Gasteiger partial charge in [0.2, 0.25) is 5.88 Å². The van der Waals surface area contributed by atoms with Gasteiger partial charge in [-0.05, 0) is 20.8 Å². The smallest absolute Gasteiger partial charge is 0.413 e. The van der Waals surface area contributed by atoms with Crippen LogP contribution in [0.3, 0.4) is 0 Å². The molecule has 1 aromatic rings. The number of carbonyl (C=O) groups excluding carboxylic acids is 1. The summed E-state index contributed by atoms with van der Waals surface area (Å²) in [6, 6.07) is 0. The summed E-state index contributed by atoms with van der Waals surface area (Å²) in [4.78, 5) is 22.7. The van der Waals surface area contributed by atoms with Crippen LogP contribution in [-0.2, 0) is 4.74 Å². The number of rotatable bonds is 5. The van der Waals surface area contributed by atoms with Crippen molar-refractivity contribution in [2.24, 2.45) is 0 Å². The first-order valence-corrected chi connectivity index (χ1v) is 5.80. The summed E-state index contributed by atoms with van der Waals surface area (Å²) in [7, 11) is 0. The molecule has 0 aromatic carbocycles. The molecule has 0 spiro atoms. The van der Waals surface area contributed by atoms with Crippen LogP contribution < -0.4 is 10.1 Å². The maximum absolute atomic E-state index is 11.6. The second kappa shape index (κ2) is 6.24. The summed E-state index contributed by atoms with van der Waals surface area (Å²) < 4.78 is 9.96. The van der Waals surface area contributed by atoms with Crippen LogP contribution in [-0.4, -0.2) is 51.3 Å². The summed E-state index contributed by atoms with van der Waals surface area (Å²) in [6.45, 7) is 4.63. The standard InChI is InChI=1S/C11H17N3O6/c1-11(2,3)20-10(18)12-7-6(9(16)17)8(14-13-7)19-5-4-15/h15H,4-5H2,1-3H3,(H,16,17)(H2,12,13,14,18). The molecule has 0 aliphatic carbocycles. The molecule has 0 radical (unpaired) electrons. The van der Waals surface area contributed by atoms with E-state index in [0.29, 0.717) is 0 Å². The molecule has 9 nitrogen and oxygen atoms in total. The molecule has 0 saturated heterocycles. The molecule has 1 amide bonds. The Morgan fingerprint density at radius 1 is 1.40 bits per heavy atom. The minimum atomic E-state index is -1.34. The highest BCUT2D eigenvalue weighted by molar-refractivity contribution is 5.99. The zero-order valence-corrected chi connectivity index (χ0v) is 11.4.